The first-order valence-corrected chi connectivity index (χ1v) is 10.8. The fourth-order valence-corrected chi connectivity index (χ4v) is 3.35. The molecule has 2 rings (SSSR count). The summed E-state index contributed by atoms with van der Waals surface area (Å²) in [5, 5.41) is 16.7. The van der Waals surface area contributed by atoms with Crippen LogP contribution >= 0.6 is 0 Å². The maximum atomic E-state index is 10.1. The van der Waals surface area contributed by atoms with E-state index in [1.165, 1.54) is 38.8 Å². The van der Waals surface area contributed by atoms with Crippen molar-refractivity contribution in [1.82, 2.24) is 15.5 Å². The SMILES string of the molecule is CCNC(=NCC(O)COCc1ccccc1)NCCCN1CCCCCC1. The number of aliphatic hydroxyl groups excluding tert-OH is 1. The third-order valence-electron chi connectivity index (χ3n) is 4.87. The van der Waals surface area contributed by atoms with Crippen molar-refractivity contribution in [1.29, 1.82) is 0 Å². The fourth-order valence-electron chi connectivity index (χ4n) is 3.35. The molecule has 0 bridgehead atoms. The van der Waals surface area contributed by atoms with Crippen LogP contribution in [-0.2, 0) is 11.3 Å². The quantitative estimate of drug-likeness (QED) is 0.307. The molecule has 1 aliphatic heterocycles. The van der Waals surface area contributed by atoms with Gasteiger partial charge in [-0.3, -0.25) is 4.99 Å². The number of aliphatic hydroxyl groups is 1. The number of rotatable bonds is 11. The van der Waals surface area contributed by atoms with Crippen LogP contribution in [0.25, 0.3) is 0 Å². The summed E-state index contributed by atoms with van der Waals surface area (Å²) in [4.78, 5) is 7.07. The fraction of sp³-hybridized carbons (Fsp3) is 0.682. The van der Waals surface area contributed by atoms with Crippen molar-refractivity contribution in [2.75, 3.05) is 45.9 Å². The molecule has 1 atom stereocenters. The van der Waals surface area contributed by atoms with E-state index >= 15 is 0 Å². The van der Waals surface area contributed by atoms with Crippen LogP contribution in [0, 0.1) is 0 Å². The van der Waals surface area contributed by atoms with Crippen LogP contribution in [0.3, 0.4) is 0 Å². The first-order valence-electron chi connectivity index (χ1n) is 10.8. The van der Waals surface area contributed by atoms with Gasteiger partial charge in [-0.2, -0.15) is 0 Å². The minimum atomic E-state index is -0.601. The molecule has 0 radical (unpaired) electrons. The van der Waals surface area contributed by atoms with Crippen LogP contribution in [0.1, 0.15) is 44.6 Å². The molecule has 1 aromatic carbocycles. The van der Waals surface area contributed by atoms with Gasteiger partial charge in [0.15, 0.2) is 5.96 Å². The van der Waals surface area contributed by atoms with E-state index in [4.69, 9.17) is 4.74 Å². The van der Waals surface area contributed by atoms with E-state index in [0.717, 1.165) is 37.6 Å². The van der Waals surface area contributed by atoms with E-state index in [0.29, 0.717) is 13.2 Å². The van der Waals surface area contributed by atoms with Crippen molar-refractivity contribution in [3.63, 3.8) is 0 Å². The highest BCUT2D eigenvalue weighted by atomic mass is 16.5. The van der Waals surface area contributed by atoms with E-state index in [2.05, 4.69) is 20.5 Å². The number of aliphatic imine (C=N–C) groups is 1. The van der Waals surface area contributed by atoms with Gasteiger partial charge in [-0.15, -0.1) is 0 Å². The third-order valence-corrected chi connectivity index (χ3v) is 4.87. The van der Waals surface area contributed by atoms with E-state index in [-0.39, 0.29) is 6.61 Å². The van der Waals surface area contributed by atoms with E-state index in [9.17, 15) is 5.11 Å². The van der Waals surface area contributed by atoms with Crippen molar-refractivity contribution in [3.05, 3.63) is 35.9 Å². The lowest BCUT2D eigenvalue weighted by Crippen LogP contribution is -2.39. The standard InChI is InChI=1S/C22H38N4O2/c1-2-23-22(24-13-10-16-26-14-8-3-4-9-15-26)25-17-21(27)19-28-18-20-11-6-5-7-12-20/h5-7,11-12,21,27H,2-4,8-10,13-19H2,1H3,(H2,23,24,25). The predicted molar refractivity (Wildman–Crippen MR) is 116 cm³/mol. The molecule has 6 nitrogen and oxygen atoms in total. The topological polar surface area (TPSA) is 69.1 Å². The predicted octanol–water partition coefficient (Wildman–Crippen LogP) is 2.39. The Morgan fingerprint density at radius 2 is 1.89 bits per heavy atom. The average Bonchev–Trinajstić information content (AvgIpc) is 2.99. The van der Waals surface area contributed by atoms with Gasteiger partial charge in [0.2, 0.25) is 0 Å². The second-order valence-corrected chi connectivity index (χ2v) is 7.41. The summed E-state index contributed by atoms with van der Waals surface area (Å²) in [5.74, 6) is 0.764. The minimum absolute atomic E-state index is 0.284. The van der Waals surface area contributed by atoms with Gasteiger partial charge in [0, 0.05) is 13.1 Å². The molecule has 1 fully saturated rings. The Hall–Kier alpha value is -1.63. The first kappa shape index (κ1) is 22.7. The Morgan fingerprint density at radius 3 is 2.61 bits per heavy atom. The highest BCUT2D eigenvalue weighted by molar-refractivity contribution is 5.79. The molecule has 1 unspecified atom stereocenters. The maximum Gasteiger partial charge on any atom is 0.191 e. The molecule has 158 valence electrons. The van der Waals surface area contributed by atoms with Gasteiger partial charge >= 0.3 is 0 Å². The second kappa shape index (κ2) is 14.4. The molecule has 6 heteroatoms. The number of guanidine groups is 1. The normalized spacial score (nSPS) is 17.1. The summed E-state index contributed by atoms with van der Waals surface area (Å²) in [5.41, 5.74) is 1.11. The number of nitrogens with one attached hydrogen (secondary N) is 2. The zero-order valence-corrected chi connectivity index (χ0v) is 17.4. The number of hydrogen-bond acceptors (Lipinski definition) is 4. The lowest BCUT2D eigenvalue weighted by atomic mass is 10.2. The highest BCUT2D eigenvalue weighted by Gasteiger charge is 2.09. The van der Waals surface area contributed by atoms with E-state index < -0.39 is 6.10 Å². The summed E-state index contributed by atoms with van der Waals surface area (Å²) in [6.45, 7) is 8.49. The molecule has 3 N–H and O–H groups in total. The lowest BCUT2D eigenvalue weighted by Gasteiger charge is -2.20. The molecule has 1 heterocycles. The van der Waals surface area contributed by atoms with Crippen LogP contribution < -0.4 is 10.6 Å². The van der Waals surface area contributed by atoms with Crippen LogP contribution in [0.5, 0.6) is 0 Å². The number of hydrogen-bond donors (Lipinski definition) is 3. The smallest absolute Gasteiger partial charge is 0.191 e. The van der Waals surface area contributed by atoms with Crippen LogP contribution in [0.15, 0.2) is 35.3 Å². The monoisotopic (exact) mass is 390 g/mol. The van der Waals surface area contributed by atoms with E-state index in [1.807, 2.05) is 37.3 Å². The zero-order valence-electron chi connectivity index (χ0n) is 17.4. The van der Waals surface area contributed by atoms with Gasteiger partial charge in [-0.25, -0.2) is 0 Å². The molecule has 0 amide bonds. The average molecular weight is 391 g/mol. The molecule has 1 aliphatic rings. The van der Waals surface area contributed by atoms with Gasteiger partial charge in [-0.1, -0.05) is 43.2 Å². The van der Waals surface area contributed by atoms with E-state index in [1.54, 1.807) is 0 Å². The minimum Gasteiger partial charge on any atom is -0.389 e. The van der Waals surface area contributed by atoms with Gasteiger partial charge in [0.1, 0.15) is 0 Å². The molecule has 0 spiro atoms. The van der Waals surface area contributed by atoms with Gasteiger partial charge in [-0.05, 0) is 51.4 Å². The Balaban J connectivity index is 1.61. The molecule has 0 aliphatic carbocycles. The zero-order chi connectivity index (χ0) is 19.9. The Kier molecular flexibility index (Phi) is 11.6. The molecule has 0 aromatic heterocycles. The number of nitrogens with zero attached hydrogens (tertiary/aromatic N) is 2. The molecule has 28 heavy (non-hydrogen) atoms. The number of ether oxygens (including phenoxy) is 1. The van der Waals surface area contributed by atoms with Gasteiger partial charge < -0.3 is 25.4 Å². The van der Waals surface area contributed by atoms with Gasteiger partial charge in [0.25, 0.3) is 0 Å². The number of benzene rings is 1. The Bertz CT molecular complexity index is 531. The summed E-state index contributed by atoms with van der Waals surface area (Å²) in [6, 6.07) is 9.99. The molecular formula is C22H38N4O2. The van der Waals surface area contributed by atoms with Crippen molar-refractivity contribution < 1.29 is 9.84 Å². The molecule has 1 aromatic rings. The van der Waals surface area contributed by atoms with Crippen LogP contribution in [-0.4, -0.2) is 67.9 Å². The molecular weight excluding hydrogens is 352 g/mol. The van der Waals surface area contributed by atoms with Crippen molar-refractivity contribution in [2.45, 2.75) is 51.7 Å². The van der Waals surface area contributed by atoms with Crippen molar-refractivity contribution in [2.24, 2.45) is 4.99 Å². The second-order valence-electron chi connectivity index (χ2n) is 7.41. The van der Waals surface area contributed by atoms with Crippen LogP contribution in [0.4, 0.5) is 0 Å². The molecule has 0 saturated carbocycles. The summed E-state index contributed by atoms with van der Waals surface area (Å²) >= 11 is 0. The summed E-state index contributed by atoms with van der Waals surface area (Å²) in [6.07, 6.45) is 5.93. The maximum absolute atomic E-state index is 10.1. The third kappa shape index (κ3) is 10.1. The van der Waals surface area contributed by atoms with Crippen molar-refractivity contribution >= 4 is 5.96 Å². The van der Waals surface area contributed by atoms with Gasteiger partial charge in [0.05, 0.1) is 25.9 Å². The van der Waals surface area contributed by atoms with Crippen molar-refractivity contribution in [3.8, 4) is 0 Å². The van der Waals surface area contributed by atoms with Crippen LogP contribution in [0.2, 0.25) is 0 Å². The summed E-state index contributed by atoms with van der Waals surface area (Å²) < 4.78 is 5.58. The Labute approximate surface area is 170 Å². The lowest BCUT2D eigenvalue weighted by molar-refractivity contribution is 0.0331. The number of likely N-dealkylation sites (tertiary alicyclic amines) is 1. The largest absolute Gasteiger partial charge is 0.389 e. The summed E-state index contributed by atoms with van der Waals surface area (Å²) in [7, 11) is 0. The highest BCUT2D eigenvalue weighted by Crippen LogP contribution is 2.09. The molecule has 1 saturated heterocycles. The first-order chi connectivity index (χ1) is 13.8. The Morgan fingerprint density at radius 1 is 1.14 bits per heavy atom.